The van der Waals surface area contributed by atoms with Crippen LogP contribution in [-0.4, -0.2) is 58.6 Å². The van der Waals surface area contributed by atoms with E-state index in [1.807, 2.05) is 18.2 Å². The number of nitrogens with zero attached hydrogens (tertiary/aromatic N) is 2. The molecule has 116 valence electrons. The van der Waals surface area contributed by atoms with Gasteiger partial charge >= 0.3 is 0 Å². The van der Waals surface area contributed by atoms with Crippen molar-refractivity contribution >= 4 is 0 Å². The normalized spacial score (nSPS) is 10.6. The molecule has 0 fully saturated rings. The van der Waals surface area contributed by atoms with Crippen molar-refractivity contribution in [2.45, 2.75) is 6.42 Å². The second-order valence-electron chi connectivity index (χ2n) is 4.64. The molecule has 0 saturated carbocycles. The van der Waals surface area contributed by atoms with Crippen LogP contribution < -0.4 is 4.74 Å². The summed E-state index contributed by atoms with van der Waals surface area (Å²) >= 11 is 0. The Labute approximate surface area is 127 Å². The van der Waals surface area contributed by atoms with E-state index in [0.29, 0.717) is 31.1 Å². The maximum Gasteiger partial charge on any atom is 0.137 e. The standard InChI is InChI=1S/C16H24N2O3/c1-19-12-9-18(10-13-20-2)8-5-11-21-16-7-4-3-6-15(16)14-17/h3-4,6-7H,5,8-13H2,1-2H3. The van der Waals surface area contributed by atoms with Gasteiger partial charge in [-0.05, 0) is 18.6 Å². The largest absolute Gasteiger partial charge is 0.492 e. The van der Waals surface area contributed by atoms with Gasteiger partial charge < -0.3 is 14.2 Å². The van der Waals surface area contributed by atoms with Crippen LogP contribution in [0.2, 0.25) is 0 Å². The highest BCUT2D eigenvalue weighted by atomic mass is 16.5. The summed E-state index contributed by atoms with van der Waals surface area (Å²) in [5.41, 5.74) is 0.577. The summed E-state index contributed by atoms with van der Waals surface area (Å²) in [6.45, 7) is 4.70. The summed E-state index contributed by atoms with van der Waals surface area (Å²) in [4.78, 5) is 2.28. The Morgan fingerprint density at radius 2 is 1.67 bits per heavy atom. The number of benzene rings is 1. The van der Waals surface area contributed by atoms with Gasteiger partial charge in [-0.3, -0.25) is 4.90 Å². The Balaban J connectivity index is 2.31. The van der Waals surface area contributed by atoms with E-state index in [1.165, 1.54) is 0 Å². The van der Waals surface area contributed by atoms with Gasteiger partial charge in [0.2, 0.25) is 0 Å². The van der Waals surface area contributed by atoms with Gasteiger partial charge in [-0.2, -0.15) is 5.26 Å². The minimum atomic E-state index is 0.577. The first-order valence-electron chi connectivity index (χ1n) is 7.14. The van der Waals surface area contributed by atoms with Gasteiger partial charge in [-0.1, -0.05) is 12.1 Å². The molecule has 5 heteroatoms. The van der Waals surface area contributed by atoms with E-state index < -0.39 is 0 Å². The smallest absolute Gasteiger partial charge is 0.137 e. The molecule has 0 radical (unpaired) electrons. The lowest BCUT2D eigenvalue weighted by Crippen LogP contribution is -2.32. The van der Waals surface area contributed by atoms with Gasteiger partial charge in [0.1, 0.15) is 11.8 Å². The van der Waals surface area contributed by atoms with Gasteiger partial charge in [0, 0.05) is 33.9 Å². The molecule has 21 heavy (non-hydrogen) atoms. The molecular formula is C16H24N2O3. The lowest BCUT2D eigenvalue weighted by atomic mass is 10.2. The highest BCUT2D eigenvalue weighted by Gasteiger charge is 2.05. The quantitative estimate of drug-likeness (QED) is 0.583. The molecule has 1 rings (SSSR count). The molecular weight excluding hydrogens is 268 g/mol. The third-order valence-corrected chi connectivity index (χ3v) is 3.11. The molecule has 0 aliphatic rings. The molecule has 5 nitrogen and oxygen atoms in total. The van der Waals surface area contributed by atoms with Gasteiger partial charge in [-0.25, -0.2) is 0 Å². The number of hydrogen-bond acceptors (Lipinski definition) is 5. The molecule has 0 spiro atoms. The molecule has 0 atom stereocenters. The van der Waals surface area contributed by atoms with Gasteiger partial charge in [0.25, 0.3) is 0 Å². The van der Waals surface area contributed by atoms with E-state index in [-0.39, 0.29) is 0 Å². The molecule has 0 aromatic heterocycles. The molecule has 0 aliphatic heterocycles. The van der Waals surface area contributed by atoms with Crippen LogP contribution in [-0.2, 0) is 9.47 Å². The lowest BCUT2D eigenvalue weighted by Gasteiger charge is -2.21. The number of ether oxygens (including phenoxy) is 3. The summed E-state index contributed by atoms with van der Waals surface area (Å²) in [5.74, 6) is 0.653. The third kappa shape index (κ3) is 7.09. The highest BCUT2D eigenvalue weighted by molar-refractivity contribution is 5.42. The number of rotatable bonds is 11. The van der Waals surface area contributed by atoms with Crippen LogP contribution in [0.15, 0.2) is 24.3 Å². The Morgan fingerprint density at radius 1 is 1.00 bits per heavy atom. The van der Waals surface area contributed by atoms with Crippen LogP contribution >= 0.6 is 0 Å². The van der Waals surface area contributed by atoms with Crippen molar-refractivity contribution in [3.63, 3.8) is 0 Å². The number of hydrogen-bond donors (Lipinski definition) is 0. The Hall–Kier alpha value is -1.61. The fourth-order valence-corrected chi connectivity index (χ4v) is 1.93. The highest BCUT2D eigenvalue weighted by Crippen LogP contribution is 2.16. The zero-order chi connectivity index (χ0) is 15.3. The summed E-state index contributed by atoms with van der Waals surface area (Å²) in [6, 6.07) is 9.43. The van der Waals surface area contributed by atoms with Crippen LogP contribution in [0.5, 0.6) is 5.75 Å². The second kappa shape index (κ2) is 11.1. The first-order chi connectivity index (χ1) is 10.3. The number of para-hydroxylation sites is 1. The van der Waals surface area contributed by atoms with Crippen molar-refractivity contribution in [3.05, 3.63) is 29.8 Å². The molecule has 0 aliphatic carbocycles. The van der Waals surface area contributed by atoms with Gasteiger partial charge in [0.15, 0.2) is 0 Å². The lowest BCUT2D eigenvalue weighted by molar-refractivity contribution is 0.110. The van der Waals surface area contributed by atoms with Gasteiger partial charge in [-0.15, -0.1) is 0 Å². The van der Waals surface area contributed by atoms with Crippen molar-refractivity contribution < 1.29 is 14.2 Å². The van der Waals surface area contributed by atoms with Crippen molar-refractivity contribution in [2.75, 3.05) is 53.7 Å². The molecule has 0 heterocycles. The zero-order valence-electron chi connectivity index (χ0n) is 12.9. The first-order valence-corrected chi connectivity index (χ1v) is 7.14. The van der Waals surface area contributed by atoms with Crippen LogP contribution in [0, 0.1) is 11.3 Å². The fraction of sp³-hybridized carbons (Fsp3) is 0.562. The summed E-state index contributed by atoms with van der Waals surface area (Å²) in [6.07, 6.45) is 0.896. The predicted octanol–water partition coefficient (Wildman–Crippen LogP) is 1.92. The van der Waals surface area contributed by atoms with E-state index in [2.05, 4.69) is 11.0 Å². The topological polar surface area (TPSA) is 54.7 Å². The number of methoxy groups -OCH3 is 2. The van der Waals surface area contributed by atoms with E-state index >= 15 is 0 Å². The monoisotopic (exact) mass is 292 g/mol. The first kappa shape index (κ1) is 17.4. The molecule has 1 aromatic rings. The number of nitriles is 1. The minimum Gasteiger partial charge on any atom is -0.492 e. The van der Waals surface area contributed by atoms with Crippen LogP contribution in [0.1, 0.15) is 12.0 Å². The summed E-state index contributed by atoms with van der Waals surface area (Å²) in [7, 11) is 3.41. The van der Waals surface area contributed by atoms with Gasteiger partial charge in [0.05, 0.1) is 25.4 Å². The average Bonchev–Trinajstić information content (AvgIpc) is 2.53. The molecule has 0 saturated heterocycles. The molecule has 0 bridgehead atoms. The maximum atomic E-state index is 8.99. The van der Waals surface area contributed by atoms with Crippen LogP contribution in [0.3, 0.4) is 0 Å². The SMILES string of the molecule is COCCN(CCCOc1ccccc1C#N)CCOC. The average molecular weight is 292 g/mol. The van der Waals surface area contributed by atoms with Crippen molar-refractivity contribution in [1.82, 2.24) is 4.90 Å². The third-order valence-electron chi connectivity index (χ3n) is 3.11. The Morgan fingerprint density at radius 3 is 2.29 bits per heavy atom. The molecule has 0 N–H and O–H groups in total. The van der Waals surface area contributed by atoms with Crippen LogP contribution in [0.25, 0.3) is 0 Å². The maximum absolute atomic E-state index is 8.99. The van der Waals surface area contributed by atoms with E-state index in [0.717, 1.165) is 26.1 Å². The molecule has 1 aromatic carbocycles. The van der Waals surface area contributed by atoms with Crippen molar-refractivity contribution in [3.8, 4) is 11.8 Å². The van der Waals surface area contributed by atoms with E-state index in [1.54, 1.807) is 20.3 Å². The van der Waals surface area contributed by atoms with Crippen molar-refractivity contribution in [2.24, 2.45) is 0 Å². The predicted molar refractivity (Wildman–Crippen MR) is 81.5 cm³/mol. The fourth-order valence-electron chi connectivity index (χ4n) is 1.93. The summed E-state index contributed by atoms with van der Waals surface area (Å²) < 4.78 is 15.9. The van der Waals surface area contributed by atoms with Crippen LogP contribution in [0.4, 0.5) is 0 Å². The molecule has 0 unspecified atom stereocenters. The van der Waals surface area contributed by atoms with Crippen molar-refractivity contribution in [1.29, 1.82) is 5.26 Å². The Kier molecular flexibility index (Phi) is 9.21. The summed E-state index contributed by atoms with van der Waals surface area (Å²) in [5, 5.41) is 8.99. The van der Waals surface area contributed by atoms with E-state index in [9.17, 15) is 0 Å². The second-order valence-corrected chi connectivity index (χ2v) is 4.64. The Bertz CT molecular complexity index is 424. The molecule has 0 amide bonds. The minimum absolute atomic E-state index is 0.577. The van der Waals surface area contributed by atoms with E-state index in [4.69, 9.17) is 19.5 Å². The zero-order valence-corrected chi connectivity index (χ0v) is 12.9.